The van der Waals surface area contributed by atoms with Gasteiger partial charge in [-0.25, -0.2) is 8.42 Å². The Hall–Kier alpha value is -3.40. The minimum Gasteiger partial charge on any atom is -0.255 e. The first-order valence-electron chi connectivity index (χ1n) is 10.2. The number of fused-ring (bicyclic) bond motifs is 1. The molecule has 0 aliphatic carbocycles. The number of para-hydroxylation sites is 1. The number of hydrogen-bond donors (Lipinski definition) is 0. The smallest absolute Gasteiger partial charge is 0.255 e. The SMILES string of the molecule is Cc1cnc2c(C(F)(F)F)cccc2c1-c1cccc(-c2ccc(S(C)(=O)=O)cc2C(F)(F)F)c1. The lowest BCUT2D eigenvalue weighted by molar-refractivity contribution is -0.137. The molecule has 0 N–H and O–H groups in total. The van der Waals surface area contributed by atoms with E-state index in [1.807, 2.05) is 0 Å². The molecule has 0 amide bonds. The van der Waals surface area contributed by atoms with Gasteiger partial charge >= 0.3 is 12.4 Å². The van der Waals surface area contributed by atoms with Gasteiger partial charge in [-0.3, -0.25) is 4.98 Å². The molecule has 0 saturated carbocycles. The number of aromatic nitrogens is 1. The fourth-order valence-corrected chi connectivity index (χ4v) is 4.66. The van der Waals surface area contributed by atoms with Crippen LogP contribution >= 0.6 is 0 Å². The summed E-state index contributed by atoms with van der Waals surface area (Å²) in [6.07, 6.45) is -7.37. The van der Waals surface area contributed by atoms with Crippen molar-refractivity contribution in [2.45, 2.75) is 24.2 Å². The molecule has 35 heavy (non-hydrogen) atoms. The topological polar surface area (TPSA) is 47.0 Å². The van der Waals surface area contributed by atoms with E-state index in [1.165, 1.54) is 36.5 Å². The van der Waals surface area contributed by atoms with Crippen LogP contribution in [0.1, 0.15) is 16.7 Å². The highest BCUT2D eigenvalue weighted by molar-refractivity contribution is 7.90. The summed E-state index contributed by atoms with van der Waals surface area (Å²) in [4.78, 5) is 3.50. The predicted octanol–water partition coefficient (Wildman–Crippen LogP) is 7.32. The van der Waals surface area contributed by atoms with E-state index in [0.29, 0.717) is 22.8 Å². The molecule has 0 aliphatic heterocycles. The number of pyridine rings is 1. The summed E-state index contributed by atoms with van der Waals surface area (Å²) < 4.78 is 106. The normalized spacial score (nSPS) is 12.8. The number of halogens is 6. The van der Waals surface area contributed by atoms with Gasteiger partial charge in [0.25, 0.3) is 0 Å². The molecule has 0 radical (unpaired) electrons. The molecule has 4 rings (SSSR count). The first-order chi connectivity index (χ1) is 16.2. The van der Waals surface area contributed by atoms with Crippen molar-refractivity contribution in [1.82, 2.24) is 4.98 Å². The zero-order valence-electron chi connectivity index (χ0n) is 18.3. The van der Waals surface area contributed by atoms with Crippen LogP contribution in [-0.4, -0.2) is 19.7 Å². The molecule has 3 aromatic carbocycles. The van der Waals surface area contributed by atoms with Crippen LogP contribution in [0.5, 0.6) is 0 Å². The van der Waals surface area contributed by atoms with E-state index in [-0.39, 0.29) is 22.0 Å². The highest BCUT2D eigenvalue weighted by Crippen LogP contribution is 2.41. The van der Waals surface area contributed by atoms with E-state index < -0.39 is 38.2 Å². The third-order valence-electron chi connectivity index (χ3n) is 5.58. The van der Waals surface area contributed by atoms with Gasteiger partial charge < -0.3 is 0 Å². The molecule has 0 fully saturated rings. The number of sulfone groups is 1. The van der Waals surface area contributed by atoms with Crippen LogP contribution in [0.2, 0.25) is 0 Å². The Kier molecular flexibility index (Phi) is 5.91. The Morgan fingerprint density at radius 1 is 0.771 bits per heavy atom. The Labute approximate surface area is 197 Å². The largest absolute Gasteiger partial charge is 0.418 e. The molecule has 182 valence electrons. The summed E-state index contributed by atoms with van der Waals surface area (Å²) in [5, 5.41) is 0.209. The third kappa shape index (κ3) is 4.75. The van der Waals surface area contributed by atoms with Gasteiger partial charge in [0.15, 0.2) is 9.84 Å². The minimum absolute atomic E-state index is 0.131. The first kappa shape index (κ1) is 24.7. The van der Waals surface area contributed by atoms with Crippen molar-refractivity contribution in [3.05, 3.63) is 83.6 Å². The van der Waals surface area contributed by atoms with Gasteiger partial charge in [-0.2, -0.15) is 26.3 Å². The van der Waals surface area contributed by atoms with Crippen molar-refractivity contribution >= 4 is 20.7 Å². The second-order valence-electron chi connectivity index (χ2n) is 8.07. The van der Waals surface area contributed by atoms with Gasteiger partial charge in [0, 0.05) is 17.8 Å². The van der Waals surface area contributed by atoms with Gasteiger partial charge in [0.2, 0.25) is 0 Å². The maximum atomic E-state index is 13.8. The molecule has 0 atom stereocenters. The summed E-state index contributed by atoms with van der Waals surface area (Å²) in [7, 11) is -3.88. The highest BCUT2D eigenvalue weighted by atomic mass is 32.2. The van der Waals surface area contributed by atoms with Crippen LogP contribution in [0.15, 0.2) is 71.8 Å². The lowest BCUT2D eigenvalue weighted by Crippen LogP contribution is -2.09. The molecule has 3 nitrogen and oxygen atoms in total. The zero-order chi connectivity index (χ0) is 25.8. The van der Waals surface area contributed by atoms with Crippen LogP contribution in [0.4, 0.5) is 26.3 Å². The summed E-state index contributed by atoms with van der Waals surface area (Å²) in [6.45, 7) is 1.65. The average Bonchev–Trinajstić information content (AvgIpc) is 2.76. The Balaban J connectivity index is 1.96. The van der Waals surface area contributed by atoms with Gasteiger partial charge in [-0.15, -0.1) is 0 Å². The number of benzene rings is 3. The molecule has 0 saturated heterocycles. The van der Waals surface area contributed by atoms with Crippen LogP contribution in [-0.2, 0) is 22.2 Å². The van der Waals surface area contributed by atoms with E-state index in [4.69, 9.17) is 0 Å². The van der Waals surface area contributed by atoms with Crippen molar-refractivity contribution in [2.75, 3.05) is 6.26 Å². The summed E-state index contributed by atoms with van der Waals surface area (Å²) >= 11 is 0. The van der Waals surface area contributed by atoms with E-state index in [2.05, 4.69) is 4.98 Å². The minimum atomic E-state index is -4.84. The van der Waals surface area contributed by atoms with Crippen LogP contribution in [0, 0.1) is 6.92 Å². The molecule has 1 aromatic heterocycles. The van der Waals surface area contributed by atoms with E-state index in [1.54, 1.807) is 13.0 Å². The van der Waals surface area contributed by atoms with Crippen molar-refractivity contribution in [3.63, 3.8) is 0 Å². The summed E-state index contributed by atoms with van der Waals surface area (Å²) in [5.74, 6) is 0. The second-order valence-corrected chi connectivity index (χ2v) is 10.1. The standard InChI is InChI=1S/C25H17F6NO2S/c1-14-13-32-23-19(7-4-8-20(23)24(26,27)28)22(14)16-6-3-5-15(11-16)18-10-9-17(35(2,33)34)12-21(18)25(29,30)31/h3-13H,1-2H3. The molecule has 0 spiro atoms. The van der Waals surface area contributed by atoms with Crippen molar-refractivity contribution in [2.24, 2.45) is 0 Å². The van der Waals surface area contributed by atoms with E-state index in [9.17, 15) is 34.8 Å². The quantitative estimate of drug-likeness (QED) is 0.272. The molecule has 10 heteroatoms. The van der Waals surface area contributed by atoms with E-state index >= 15 is 0 Å². The summed E-state index contributed by atoms with van der Waals surface area (Å²) in [6, 6.07) is 12.4. The number of rotatable bonds is 3. The third-order valence-corrected chi connectivity index (χ3v) is 6.69. The molecule has 0 aliphatic rings. The van der Waals surface area contributed by atoms with Gasteiger partial charge in [0.1, 0.15) is 0 Å². The molecular weight excluding hydrogens is 492 g/mol. The van der Waals surface area contributed by atoms with Gasteiger partial charge in [-0.05, 0) is 59.0 Å². The maximum Gasteiger partial charge on any atom is 0.418 e. The monoisotopic (exact) mass is 509 g/mol. The molecule has 4 aromatic rings. The van der Waals surface area contributed by atoms with E-state index in [0.717, 1.165) is 24.5 Å². The van der Waals surface area contributed by atoms with Crippen LogP contribution in [0.25, 0.3) is 33.2 Å². The molecular formula is C25H17F6NO2S. The van der Waals surface area contributed by atoms with Gasteiger partial charge in [0.05, 0.1) is 21.5 Å². The first-order valence-corrected chi connectivity index (χ1v) is 12.0. The Bertz CT molecular complexity index is 1560. The average molecular weight is 509 g/mol. The van der Waals surface area contributed by atoms with Crippen molar-refractivity contribution in [3.8, 4) is 22.3 Å². The lowest BCUT2D eigenvalue weighted by Gasteiger charge is -2.17. The fraction of sp³-hybridized carbons (Fsp3) is 0.160. The number of hydrogen-bond acceptors (Lipinski definition) is 3. The predicted molar refractivity (Wildman–Crippen MR) is 120 cm³/mol. The lowest BCUT2D eigenvalue weighted by atomic mass is 9.92. The Morgan fingerprint density at radius 3 is 2.03 bits per heavy atom. The maximum absolute atomic E-state index is 13.8. The highest BCUT2D eigenvalue weighted by Gasteiger charge is 2.35. The second kappa shape index (κ2) is 8.37. The number of aryl methyl sites for hydroxylation is 1. The Morgan fingerprint density at radius 2 is 1.40 bits per heavy atom. The summed E-state index contributed by atoms with van der Waals surface area (Å²) in [5.41, 5.74) is -1.09. The molecule has 0 unspecified atom stereocenters. The van der Waals surface area contributed by atoms with Crippen LogP contribution in [0.3, 0.4) is 0 Å². The molecule has 1 heterocycles. The molecule has 0 bridgehead atoms. The van der Waals surface area contributed by atoms with Gasteiger partial charge in [-0.1, -0.05) is 36.4 Å². The number of nitrogens with zero attached hydrogens (tertiary/aromatic N) is 1. The number of alkyl halides is 6. The van der Waals surface area contributed by atoms with Crippen molar-refractivity contribution < 1.29 is 34.8 Å². The zero-order valence-corrected chi connectivity index (χ0v) is 19.1. The van der Waals surface area contributed by atoms with Crippen molar-refractivity contribution in [1.29, 1.82) is 0 Å². The fourth-order valence-electron chi connectivity index (χ4n) is 4.02. The van der Waals surface area contributed by atoms with Crippen LogP contribution < -0.4 is 0 Å².